The van der Waals surface area contributed by atoms with Gasteiger partial charge in [0.25, 0.3) is 5.91 Å². The SMILES string of the molecule is CCN1C(=O)/C(=C/c2ccc(C(C)(C)C)cc2)SC1=Nc1ccc(C(=O)OC)cc1. The summed E-state index contributed by atoms with van der Waals surface area (Å²) in [6, 6.07) is 15.1. The van der Waals surface area contributed by atoms with Crippen LogP contribution in [0, 0.1) is 0 Å². The van der Waals surface area contributed by atoms with Crippen LogP contribution < -0.4 is 0 Å². The summed E-state index contributed by atoms with van der Waals surface area (Å²) in [6.07, 6.45) is 1.91. The van der Waals surface area contributed by atoms with Gasteiger partial charge in [-0.3, -0.25) is 9.69 Å². The van der Waals surface area contributed by atoms with Gasteiger partial charge in [-0.05, 0) is 65.6 Å². The first-order chi connectivity index (χ1) is 14.2. The monoisotopic (exact) mass is 422 g/mol. The van der Waals surface area contributed by atoms with E-state index in [2.05, 4.69) is 37.9 Å². The lowest BCUT2D eigenvalue weighted by atomic mass is 9.87. The minimum atomic E-state index is -0.391. The topological polar surface area (TPSA) is 59.0 Å². The van der Waals surface area contributed by atoms with Gasteiger partial charge in [-0.1, -0.05) is 45.0 Å². The highest BCUT2D eigenvalue weighted by Gasteiger charge is 2.32. The zero-order valence-electron chi connectivity index (χ0n) is 17.9. The number of ether oxygens (including phenoxy) is 1. The number of benzene rings is 2. The number of hydrogen-bond donors (Lipinski definition) is 0. The Morgan fingerprint density at radius 3 is 2.27 bits per heavy atom. The molecule has 0 radical (unpaired) electrons. The second-order valence-electron chi connectivity index (χ2n) is 7.96. The van der Waals surface area contributed by atoms with Gasteiger partial charge >= 0.3 is 5.97 Å². The summed E-state index contributed by atoms with van der Waals surface area (Å²) in [6.45, 7) is 8.99. The van der Waals surface area contributed by atoms with E-state index in [1.807, 2.05) is 25.1 Å². The molecule has 1 aliphatic rings. The predicted molar refractivity (Wildman–Crippen MR) is 123 cm³/mol. The van der Waals surface area contributed by atoms with Crippen LogP contribution in [0.5, 0.6) is 0 Å². The van der Waals surface area contributed by atoms with Gasteiger partial charge in [0.15, 0.2) is 5.17 Å². The molecule has 0 aliphatic carbocycles. The summed E-state index contributed by atoms with van der Waals surface area (Å²) >= 11 is 1.36. The fraction of sp³-hybridized carbons (Fsp3) is 0.292. The number of aliphatic imine (C=N–C) groups is 1. The summed E-state index contributed by atoms with van der Waals surface area (Å²) < 4.78 is 4.72. The third-order valence-electron chi connectivity index (χ3n) is 4.79. The highest BCUT2D eigenvalue weighted by molar-refractivity contribution is 8.18. The predicted octanol–water partition coefficient (Wildman–Crippen LogP) is 5.39. The lowest BCUT2D eigenvalue weighted by molar-refractivity contribution is -0.122. The summed E-state index contributed by atoms with van der Waals surface area (Å²) in [5.41, 5.74) is 3.46. The minimum Gasteiger partial charge on any atom is -0.465 e. The molecule has 3 rings (SSSR count). The average molecular weight is 423 g/mol. The molecule has 0 atom stereocenters. The summed E-state index contributed by atoms with van der Waals surface area (Å²) in [5.74, 6) is -0.440. The van der Waals surface area contributed by atoms with Gasteiger partial charge in [0, 0.05) is 6.54 Å². The van der Waals surface area contributed by atoms with Crippen molar-refractivity contribution in [2.45, 2.75) is 33.1 Å². The number of thioether (sulfide) groups is 1. The Labute approximate surface area is 181 Å². The van der Waals surface area contributed by atoms with Gasteiger partial charge in [0.1, 0.15) is 0 Å². The molecule has 1 amide bonds. The van der Waals surface area contributed by atoms with E-state index >= 15 is 0 Å². The molecule has 1 aliphatic heterocycles. The summed E-state index contributed by atoms with van der Waals surface area (Å²) in [5, 5.41) is 0.630. The van der Waals surface area contributed by atoms with Gasteiger partial charge in [0.2, 0.25) is 0 Å². The molecule has 0 spiro atoms. The van der Waals surface area contributed by atoms with Crippen molar-refractivity contribution < 1.29 is 14.3 Å². The Kier molecular flexibility index (Phi) is 6.46. The number of hydrogen-bond acceptors (Lipinski definition) is 5. The number of methoxy groups -OCH3 is 1. The molecule has 0 unspecified atom stereocenters. The largest absolute Gasteiger partial charge is 0.465 e. The fourth-order valence-corrected chi connectivity index (χ4v) is 4.06. The molecule has 0 aromatic heterocycles. The van der Waals surface area contributed by atoms with Crippen LogP contribution in [0.15, 0.2) is 58.4 Å². The van der Waals surface area contributed by atoms with E-state index in [4.69, 9.17) is 4.74 Å². The zero-order valence-corrected chi connectivity index (χ0v) is 18.7. The maximum absolute atomic E-state index is 12.8. The van der Waals surface area contributed by atoms with E-state index in [-0.39, 0.29) is 11.3 Å². The van der Waals surface area contributed by atoms with Crippen molar-refractivity contribution in [3.63, 3.8) is 0 Å². The highest BCUT2D eigenvalue weighted by Crippen LogP contribution is 2.34. The summed E-state index contributed by atoms with van der Waals surface area (Å²) in [4.78, 5) is 31.3. The zero-order chi connectivity index (χ0) is 21.9. The van der Waals surface area contributed by atoms with Crippen LogP contribution in [-0.2, 0) is 14.9 Å². The molecule has 0 N–H and O–H groups in total. The molecule has 2 aromatic carbocycles. The number of nitrogens with zero attached hydrogens (tertiary/aromatic N) is 2. The van der Waals surface area contributed by atoms with E-state index in [1.54, 1.807) is 29.2 Å². The minimum absolute atomic E-state index is 0.0488. The van der Waals surface area contributed by atoms with Gasteiger partial charge in [-0.25, -0.2) is 9.79 Å². The number of amidine groups is 1. The molecule has 1 heterocycles. The van der Waals surface area contributed by atoms with E-state index in [0.717, 1.165) is 5.56 Å². The number of amides is 1. The highest BCUT2D eigenvalue weighted by atomic mass is 32.2. The van der Waals surface area contributed by atoms with Crippen molar-refractivity contribution in [1.82, 2.24) is 4.90 Å². The van der Waals surface area contributed by atoms with Crippen molar-refractivity contribution in [2.75, 3.05) is 13.7 Å². The van der Waals surface area contributed by atoms with Gasteiger partial charge in [-0.2, -0.15) is 0 Å². The first kappa shape index (κ1) is 21.8. The van der Waals surface area contributed by atoms with Gasteiger partial charge in [-0.15, -0.1) is 0 Å². The average Bonchev–Trinajstić information content (AvgIpc) is 3.01. The molecular weight excluding hydrogens is 396 g/mol. The van der Waals surface area contributed by atoms with Crippen molar-refractivity contribution in [2.24, 2.45) is 4.99 Å². The number of rotatable bonds is 4. The number of likely N-dealkylation sites (N-methyl/N-ethyl adjacent to an activating group) is 1. The van der Waals surface area contributed by atoms with Gasteiger partial charge in [0.05, 0.1) is 23.3 Å². The molecule has 0 bridgehead atoms. The second-order valence-corrected chi connectivity index (χ2v) is 8.97. The Hall–Kier alpha value is -2.86. The maximum atomic E-state index is 12.8. The Balaban J connectivity index is 1.85. The van der Waals surface area contributed by atoms with Crippen LogP contribution in [0.25, 0.3) is 6.08 Å². The van der Waals surface area contributed by atoms with Crippen LogP contribution in [-0.4, -0.2) is 35.6 Å². The maximum Gasteiger partial charge on any atom is 0.337 e. The Morgan fingerprint density at radius 1 is 1.10 bits per heavy atom. The third kappa shape index (κ3) is 4.82. The number of esters is 1. The van der Waals surface area contributed by atoms with E-state index in [0.29, 0.717) is 27.9 Å². The smallest absolute Gasteiger partial charge is 0.337 e. The molecule has 6 heteroatoms. The lowest BCUT2D eigenvalue weighted by Gasteiger charge is -2.18. The first-order valence-corrected chi connectivity index (χ1v) is 10.6. The van der Waals surface area contributed by atoms with Crippen LogP contribution in [0.1, 0.15) is 49.2 Å². The van der Waals surface area contributed by atoms with E-state index in [1.165, 1.54) is 24.4 Å². The molecule has 1 saturated heterocycles. The molecule has 1 fully saturated rings. The van der Waals surface area contributed by atoms with Crippen molar-refractivity contribution in [3.8, 4) is 0 Å². The lowest BCUT2D eigenvalue weighted by Crippen LogP contribution is -2.28. The standard InChI is InChI=1S/C24H26N2O3S/c1-6-26-21(27)20(15-16-7-11-18(12-8-16)24(2,3)4)30-23(26)25-19-13-9-17(10-14-19)22(28)29-5/h7-15H,6H2,1-5H3/b20-15-,25-23?. The Morgan fingerprint density at radius 2 is 1.73 bits per heavy atom. The van der Waals surface area contributed by atoms with Crippen molar-refractivity contribution in [3.05, 3.63) is 70.1 Å². The molecular formula is C24H26N2O3S. The molecule has 30 heavy (non-hydrogen) atoms. The van der Waals surface area contributed by atoms with Crippen molar-refractivity contribution in [1.29, 1.82) is 0 Å². The molecule has 156 valence electrons. The second kappa shape index (κ2) is 8.88. The van der Waals surface area contributed by atoms with Crippen LogP contribution in [0.3, 0.4) is 0 Å². The van der Waals surface area contributed by atoms with Gasteiger partial charge < -0.3 is 4.74 Å². The van der Waals surface area contributed by atoms with Crippen molar-refractivity contribution >= 4 is 40.6 Å². The quantitative estimate of drug-likeness (QED) is 0.489. The molecule has 0 saturated carbocycles. The van der Waals surface area contributed by atoms with Crippen LogP contribution >= 0.6 is 11.8 Å². The molecule has 5 nitrogen and oxygen atoms in total. The van der Waals surface area contributed by atoms with E-state index in [9.17, 15) is 9.59 Å². The Bertz CT molecular complexity index is 1000. The molecule has 2 aromatic rings. The number of carbonyl (C=O) groups is 2. The third-order valence-corrected chi connectivity index (χ3v) is 5.80. The number of carbonyl (C=O) groups excluding carboxylic acids is 2. The van der Waals surface area contributed by atoms with Crippen LogP contribution in [0.2, 0.25) is 0 Å². The fourth-order valence-electron chi connectivity index (χ4n) is 3.00. The summed E-state index contributed by atoms with van der Waals surface area (Å²) in [7, 11) is 1.35. The van der Waals surface area contributed by atoms with E-state index < -0.39 is 5.97 Å². The normalized spacial score (nSPS) is 17.1. The van der Waals surface area contributed by atoms with Crippen LogP contribution in [0.4, 0.5) is 5.69 Å². The first-order valence-electron chi connectivity index (χ1n) is 9.82.